The average Bonchev–Trinajstić information content (AvgIpc) is 3.30. The lowest BCUT2D eigenvalue weighted by Crippen LogP contribution is -2.51. The molecule has 0 saturated heterocycles. The fourth-order valence-corrected chi connectivity index (χ4v) is 4.92. The quantitative estimate of drug-likeness (QED) is 0.521. The lowest BCUT2D eigenvalue weighted by Gasteiger charge is -2.29. The minimum atomic E-state index is -1.91. The van der Waals surface area contributed by atoms with Crippen LogP contribution >= 0.6 is 11.6 Å². The van der Waals surface area contributed by atoms with Crippen LogP contribution in [0.1, 0.15) is 32.6 Å². The molecule has 0 radical (unpaired) electrons. The zero-order valence-corrected chi connectivity index (χ0v) is 20.6. The van der Waals surface area contributed by atoms with E-state index in [0.29, 0.717) is 5.69 Å². The molecule has 3 amide bonds. The molecule has 7 nitrogen and oxygen atoms in total. The maximum Gasteiger partial charge on any atom is 0.243 e. The van der Waals surface area contributed by atoms with Gasteiger partial charge in [-0.25, -0.2) is 8.78 Å². The summed E-state index contributed by atoms with van der Waals surface area (Å²) in [5.74, 6) is -3.89. The van der Waals surface area contributed by atoms with Crippen molar-refractivity contribution in [2.75, 3.05) is 21.7 Å². The first-order chi connectivity index (χ1) is 16.6. The van der Waals surface area contributed by atoms with Gasteiger partial charge in [0.2, 0.25) is 17.7 Å². The van der Waals surface area contributed by atoms with Gasteiger partial charge in [-0.15, -0.1) is 0 Å². The second kappa shape index (κ2) is 12.2. The van der Waals surface area contributed by atoms with Gasteiger partial charge < -0.3 is 10.6 Å². The summed E-state index contributed by atoms with van der Waals surface area (Å²) in [5.41, 5.74) is 0.489. The third-order valence-electron chi connectivity index (χ3n) is 5.62. The lowest BCUT2D eigenvalue weighted by molar-refractivity contribution is -0.125. The zero-order chi connectivity index (χ0) is 25.5. The predicted octanol–water partition coefficient (Wildman–Crippen LogP) is 3.79. The van der Waals surface area contributed by atoms with Crippen molar-refractivity contribution in [3.63, 3.8) is 0 Å². The molecule has 0 bridgehead atoms. The van der Waals surface area contributed by atoms with E-state index >= 15 is 0 Å². The predicted molar refractivity (Wildman–Crippen MR) is 132 cm³/mol. The molecule has 1 aliphatic rings. The Morgan fingerprint density at radius 3 is 2.37 bits per heavy atom. The minimum Gasteiger partial charge on any atom is -0.352 e. The van der Waals surface area contributed by atoms with E-state index in [1.54, 1.807) is 0 Å². The van der Waals surface area contributed by atoms with E-state index < -0.39 is 57.7 Å². The van der Waals surface area contributed by atoms with E-state index in [2.05, 4.69) is 10.6 Å². The summed E-state index contributed by atoms with van der Waals surface area (Å²) in [6.45, 7) is 1.52. The Balaban J connectivity index is 1.70. The number of nitrogens with zero attached hydrogens (tertiary/aromatic N) is 1. The van der Waals surface area contributed by atoms with Gasteiger partial charge in [-0.1, -0.05) is 24.4 Å². The highest BCUT2D eigenvalue weighted by Gasteiger charge is 2.31. The average molecular weight is 526 g/mol. The first kappa shape index (κ1) is 26.7. The number of anilines is 2. The number of carbonyl (C=O) groups is 3. The monoisotopic (exact) mass is 525 g/mol. The molecule has 1 fully saturated rings. The molecule has 2 atom stereocenters. The number of hydrogen-bond acceptors (Lipinski definition) is 4. The van der Waals surface area contributed by atoms with Gasteiger partial charge in [-0.2, -0.15) is 0 Å². The molecule has 1 aliphatic carbocycles. The molecule has 0 spiro atoms. The number of halogens is 3. The molecule has 188 valence electrons. The standard InChI is InChI=1S/C24H26ClF2N3O4S/c1-15(24(33)29-17-4-2-3-5-17)30(19-10-11-21(27)20(25)12-19)23(32)14-35(34)13-22(31)28-18-8-6-16(26)7-9-18/h6-12,15,17H,2-5,13-14H2,1H3,(H,28,31)(H,29,33). The van der Waals surface area contributed by atoms with Crippen molar-refractivity contribution in [3.05, 3.63) is 59.1 Å². The Morgan fingerprint density at radius 2 is 1.74 bits per heavy atom. The Hall–Kier alpha value is -2.85. The highest BCUT2D eigenvalue weighted by atomic mass is 35.5. The number of amides is 3. The number of hydrogen-bond donors (Lipinski definition) is 2. The smallest absolute Gasteiger partial charge is 0.243 e. The van der Waals surface area contributed by atoms with Crippen molar-refractivity contribution in [3.8, 4) is 0 Å². The van der Waals surface area contributed by atoms with Crippen LogP contribution in [0.15, 0.2) is 42.5 Å². The van der Waals surface area contributed by atoms with Crippen LogP contribution in [0.5, 0.6) is 0 Å². The van der Waals surface area contributed by atoms with E-state index in [-0.39, 0.29) is 16.8 Å². The minimum absolute atomic E-state index is 0.0167. The SMILES string of the molecule is CC(C(=O)NC1CCCC1)N(C(=O)CS(=O)CC(=O)Nc1ccc(F)cc1)c1ccc(F)c(Cl)c1. The van der Waals surface area contributed by atoms with Crippen LogP contribution in [-0.2, 0) is 25.2 Å². The summed E-state index contributed by atoms with van der Waals surface area (Å²) in [6.07, 6.45) is 3.72. The molecule has 35 heavy (non-hydrogen) atoms. The summed E-state index contributed by atoms with van der Waals surface area (Å²) in [6, 6.07) is 7.67. The van der Waals surface area contributed by atoms with Crippen LogP contribution in [0.3, 0.4) is 0 Å². The van der Waals surface area contributed by atoms with Crippen molar-refractivity contribution in [2.24, 2.45) is 0 Å². The maximum atomic E-state index is 13.7. The number of rotatable bonds is 9. The zero-order valence-electron chi connectivity index (χ0n) is 19.1. The fraction of sp³-hybridized carbons (Fsp3) is 0.375. The van der Waals surface area contributed by atoms with Gasteiger partial charge in [-0.3, -0.25) is 23.5 Å². The van der Waals surface area contributed by atoms with E-state index in [1.807, 2.05) is 0 Å². The molecule has 0 aromatic heterocycles. The molecular weight excluding hydrogens is 500 g/mol. The van der Waals surface area contributed by atoms with E-state index in [4.69, 9.17) is 11.6 Å². The first-order valence-corrected chi connectivity index (χ1v) is 13.0. The van der Waals surface area contributed by atoms with Gasteiger partial charge in [0, 0.05) is 28.2 Å². The van der Waals surface area contributed by atoms with Crippen LogP contribution in [0, 0.1) is 11.6 Å². The second-order valence-electron chi connectivity index (χ2n) is 8.31. The third kappa shape index (κ3) is 7.57. The third-order valence-corrected chi connectivity index (χ3v) is 7.07. The van der Waals surface area contributed by atoms with Crippen LogP contribution in [-0.4, -0.2) is 45.5 Å². The Labute approximate surface area is 209 Å². The molecule has 0 heterocycles. The van der Waals surface area contributed by atoms with Crippen LogP contribution in [0.4, 0.5) is 20.2 Å². The molecule has 2 aromatic carbocycles. The second-order valence-corrected chi connectivity index (χ2v) is 10.2. The first-order valence-electron chi connectivity index (χ1n) is 11.1. The van der Waals surface area contributed by atoms with Crippen LogP contribution < -0.4 is 15.5 Å². The largest absolute Gasteiger partial charge is 0.352 e. The van der Waals surface area contributed by atoms with Gasteiger partial charge in [0.25, 0.3) is 0 Å². The molecular formula is C24H26ClF2N3O4S. The molecule has 0 aliphatic heterocycles. The number of carbonyl (C=O) groups excluding carboxylic acids is 3. The highest BCUT2D eigenvalue weighted by molar-refractivity contribution is 7.86. The molecule has 2 N–H and O–H groups in total. The van der Waals surface area contributed by atoms with Crippen molar-refractivity contribution in [2.45, 2.75) is 44.7 Å². The summed E-state index contributed by atoms with van der Waals surface area (Å²) in [4.78, 5) is 39.4. The molecule has 3 rings (SSSR count). The van der Waals surface area contributed by atoms with Gasteiger partial charge >= 0.3 is 0 Å². The number of benzene rings is 2. The number of nitrogens with one attached hydrogen (secondary N) is 2. The van der Waals surface area contributed by atoms with Crippen molar-refractivity contribution in [1.29, 1.82) is 0 Å². The summed E-state index contributed by atoms with van der Waals surface area (Å²) in [5, 5.41) is 5.17. The van der Waals surface area contributed by atoms with Crippen molar-refractivity contribution < 1.29 is 27.4 Å². The van der Waals surface area contributed by atoms with Gasteiger partial charge in [0.05, 0.1) is 5.02 Å². The van der Waals surface area contributed by atoms with Crippen LogP contribution in [0.2, 0.25) is 5.02 Å². The van der Waals surface area contributed by atoms with E-state index in [0.717, 1.165) is 36.6 Å². The Morgan fingerprint density at radius 1 is 1.09 bits per heavy atom. The normalized spacial score (nSPS) is 15.3. The Kier molecular flexibility index (Phi) is 9.33. The van der Waals surface area contributed by atoms with Crippen molar-refractivity contribution >= 4 is 51.5 Å². The molecule has 11 heteroatoms. The summed E-state index contributed by atoms with van der Waals surface area (Å²) < 4.78 is 39.3. The molecule has 2 unspecified atom stereocenters. The van der Waals surface area contributed by atoms with Gasteiger partial charge in [0.1, 0.15) is 29.2 Å². The topological polar surface area (TPSA) is 95.6 Å². The summed E-state index contributed by atoms with van der Waals surface area (Å²) in [7, 11) is -1.91. The van der Waals surface area contributed by atoms with Crippen molar-refractivity contribution in [1.82, 2.24) is 5.32 Å². The van der Waals surface area contributed by atoms with E-state index in [9.17, 15) is 27.4 Å². The van der Waals surface area contributed by atoms with Gasteiger partial charge in [0.15, 0.2) is 0 Å². The lowest BCUT2D eigenvalue weighted by atomic mass is 10.1. The highest BCUT2D eigenvalue weighted by Crippen LogP contribution is 2.25. The maximum absolute atomic E-state index is 13.7. The molecule has 2 aromatic rings. The van der Waals surface area contributed by atoms with Crippen LogP contribution in [0.25, 0.3) is 0 Å². The fourth-order valence-electron chi connectivity index (χ4n) is 3.86. The van der Waals surface area contributed by atoms with Gasteiger partial charge in [-0.05, 0) is 62.2 Å². The Bertz CT molecular complexity index is 1110. The molecule has 1 saturated carbocycles. The summed E-state index contributed by atoms with van der Waals surface area (Å²) >= 11 is 5.90. The van der Waals surface area contributed by atoms with E-state index in [1.165, 1.54) is 43.3 Å².